The lowest BCUT2D eigenvalue weighted by Crippen LogP contribution is -2.14. The predicted molar refractivity (Wildman–Crippen MR) is 88.2 cm³/mol. The minimum Gasteiger partial charge on any atom is -0.311 e. The molecule has 0 amide bonds. The molecule has 0 N–H and O–H groups in total. The molecule has 0 radical (unpaired) electrons. The first kappa shape index (κ1) is 13.9. The molecule has 0 aliphatic heterocycles. The van der Waals surface area contributed by atoms with Crippen molar-refractivity contribution < 1.29 is 0 Å². The van der Waals surface area contributed by atoms with E-state index < -0.39 is 0 Å². The lowest BCUT2D eigenvalue weighted by molar-refractivity contribution is 1.21. The van der Waals surface area contributed by atoms with Gasteiger partial charge in [-0.3, -0.25) is 0 Å². The van der Waals surface area contributed by atoms with E-state index in [0.29, 0.717) is 0 Å². The zero-order valence-corrected chi connectivity index (χ0v) is 11.8. The molecule has 0 fully saturated rings. The van der Waals surface area contributed by atoms with Crippen LogP contribution >= 0.6 is 0 Å². The molecule has 100 valence electrons. The van der Waals surface area contributed by atoms with Gasteiger partial charge in [0.15, 0.2) is 0 Å². The minimum atomic E-state index is 0.903. The average molecular weight is 261 g/mol. The molecule has 0 unspecified atom stereocenters. The molecule has 2 rings (SSSR count). The van der Waals surface area contributed by atoms with Crippen LogP contribution in [0.5, 0.6) is 0 Å². The number of rotatable bonds is 5. The van der Waals surface area contributed by atoms with E-state index in [-0.39, 0.29) is 0 Å². The van der Waals surface area contributed by atoms with Crippen molar-refractivity contribution in [3.8, 4) is 0 Å². The van der Waals surface area contributed by atoms with Crippen LogP contribution in [0.1, 0.15) is 5.56 Å². The standard InChI is InChI=1S/C19H19N/c1-4-5-9-17(3)20(18-10-7-6-8-11-18)19-14-12-16(2)13-15-19/h4-15H,1,3H2,2H3/b9-5-. The third-order valence-corrected chi connectivity index (χ3v) is 3.02. The van der Waals surface area contributed by atoms with Crippen molar-refractivity contribution in [3.05, 3.63) is 97.2 Å². The fraction of sp³-hybridized carbons (Fsp3) is 0.0526. The summed E-state index contributed by atoms with van der Waals surface area (Å²) in [7, 11) is 0. The van der Waals surface area contributed by atoms with Crippen molar-refractivity contribution in [2.45, 2.75) is 6.92 Å². The maximum atomic E-state index is 4.16. The van der Waals surface area contributed by atoms with E-state index in [2.05, 4.69) is 61.4 Å². The van der Waals surface area contributed by atoms with Gasteiger partial charge >= 0.3 is 0 Å². The Hall–Kier alpha value is -2.54. The van der Waals surface area contributed by atoms with E-state index >= 15 is 0 Å². The summed E-state index contributed by atoms with van der Waals surface area (Å²) in [5.74, 6) is 0. The Morgan fingerprint density at radius 2 is 1.55 bits per heavy atom. The Bertz CT molecular complexity index is 606. The number of nitrogens with zero attached hydrogens (tertiary/aromatic N) is 1. The van der Waals surface area contributed by atoms with Crippen LogP contribution in [-0.2, 0) is 0 Å². The molecule has 0 aliphatic carbocycles. The largest absolute Gasteiger partial charge is 0.311 e. The molecule has 0 saturated carbocycles. The van der Waals surface area contributed by atoms with E-state index in [9.17, 15) is 0 Å². The minimum absolute atomic E-state index is 0.903. The van der Waals surface area contributed by atoms with Crippen LogP contribution in [0.3, 0.4) is 0 Å². The molecule has 1 nitrogen and oxygen atoms in total. The molecule has 1 heteroatoms. The molecular formula is C19H19N. The lowest BCUT2D eigenvalue weighted by atomic mass is 10.1. The highest BCUT2D eigenvalue weighted by atomic mass is 15.1. The third-order valence-electron chi connectivity index (χ3n) is 3.02. The molecule has 0 heterocycles. The Labute approximate surface area is 121 Å². The molecule has 0 atom stereocenters. The van der Waals surface area contributed by atoms with Crippen molar-refractivity contribution in [1.82, 2.24) is 0 Å². The van der Waals surface area contributed by atoms with Crippen molar-refractivity contribution in [3.63, 3.8) is 0 Å². The summed E-state index contributed by atoms with van der Waals surface area (Å²) in [6, 6.07) is 18.6. The second kappa shape index (κ2) is 6.58. The maximum Gasteiger partial charge on any atom is 0.0461 e. The quantitative estimate of drug-likeness (QED) is 0.652. The van der Waals surface area contributed by atoms with Gasteiger partial charge < -0.3 is 4.90 Å². The summed E-state index contributed by atoms with van der Waals surface area (Å²) in [5, 5.41) is 0. The number of benzene rings is 2. The first-order valence-electron chi connectivity index (χ1n) is 6.62. The van der Waals surface area contributed by atoms with Crippen LogP contribution in [0.25, 0.3) is 0 Å². The van der Waals surface area contributed by atoms with Crippen LogP contribution < -0.4 is 4.90 Å². The Morgan fingerprint density at radius 3 is 2.15 bits per heavy atom. The van der Waals surface area contributed by atoms with Gasteiger partial charge in [0.2, 0.25) is 0 Å². The third kappa shape index (κ3) is 3.27. The summed E-state index contributed by atoms with van der Waals surface area (Å²) in [4.78, 5) is 2.12. The second-order valence-electron chi connectivity index (χ2n) is 4.59. The van der Waals surface area contributed by atoms with Gasteiger partial charge in [0.05, 0.1) is 0 Å². The highest BCUT2D eigenvalue weighted by Crippen LogP contribution is 2.29. The molecule has 0 aliphatic rings. The smallest absolute Gasteiger partial charge is 0.0461 e. The maximum absolute atomic E-state index is 4.16. The van der Waals surface area contributed by atoms with Gasteiger partial charge in [-0.05, 0) is 37.3 Å². The summed E-state index contributed by atoms with van der Waals surface area (Å²) >= 11 is 0. The molecular weight excluding hydrogens is 242 g/mol. The zero-order valence-electron chi connectivity index (χ0n) is 11.8. The molecule has 2 aromatic rings. The number of allylic oxidation sites excluding steroid dienone is 3. The molecule has 0 aromatic heterocycles. The first-order chi connectivity index (χ1) is 9.72. The SMILES string of the molecule is C=C/C=C\C(=C)N(c1ccccc1)c1ccc(C)cc1. The van der Waals surface area contributed by atoms with E-state index in [4.69, 9.17) is 0 Å². The lowest BCUT2D eigenvalue weighted by Gasteiger charge is -2.25. The van der Waals surface area contributed by atoms with E-state index in [1.165, 1.54) is 5.56 Å². The van der Waals surface area contributed by atoms with Gasteiger partial charge in [0, 0.05) is 17.1 Å². The van der Waals surface area contributed by atoms with Crippen molar-refractivity contribution in [2.75, 3.05) is 4.90 Å². The zero-order chi connectivity index (χ0) is 14.4. The van der Waals surface area contributed by atoms with Crippen LogP contribution in [0.2, 0.25) is 0 Å². The van der Waals surface area contributed by atoms with Gasteiger partial charge in [-0.1, -0.05) is 61.2 Å². The molecule has 0 spiro atoms. The van der Waals surface area contributed by atoms with E-state index in [1.54, 1.807) is 6.08 Å². The number of hydrogen-bond acceptors (Lipinski definition) is 1. The predicted octanol–water partition coefficient (Wildman–Crippen LogP) is 5.39. The van der Waals surface area contributed by atoms with Gasteiger partial charge in [-0.25, -0.2) is 0 Å². The Kier molecular flexibility index (Phi) is 4.56. The van der Waals surface area contributed by atoms with Gasteiger partial charge in [0.1, 0.15) is 0 Å². The molecule has 20 heavy (non-hydrogen) atoms. The number of para-hydroxylation sites is 1. The highest BCUT2D eigenvalue weighted by molar-refractivity contribution is 5.69. The van der Waals surface area contributed by atoms with Crippen LogP contribution in [0, 0.1) is 6.92 Å². The van der Waals surface area contributed by atoms with Crippen LogP contribution in [0.15, 0.2) is 91.7 Å². The highest BCUT2D eigenvalue weighted by Gasteiger charge is 2.10. The summed E-state index contributed by atoms with van der Waals surface area (Å²) in [6.07, 6.45) is 5.61. The van der Waals surface area contributed by atoms with Gasteiger partial charge in [-0.2, -0.15) is 0 Å². The van der Waals surface area contributed by atoms with Crippen LogP contribution in [-0.4, -0.2) is 0 Å². The summed E-state index contributed by atoms with van der Waals surface area (Å²) in [5.41, 5.74) is 4.34. The number of hydrogen-bond donors (Lipinski definition) is 0. The Balaban J connectivity index is 2.44. The van der Waals surface area contributed by atoms with E-state index in [1.807, 2.05) is 30.4 Å². The number of anilines is 2. The second-order valence-corrected chi connectivity index (χ2v) is 4.59. The number of aryl methyl sites for hydroxylation is 1. The Morgan fingerprint density at radius 1 is 0.950 bits per heavy atom. The molecule has 2 aromatic carbocycles. The first-order valence-corrected chi connectivity index (χ1v) is 6.62. The van der Waals surface area contributed by atoms with Crippen molar-refractivity contribution >= 4 is 11.4 Å². The monoisotopic (exact) mass is 261 g/mol. The average Bonchev–Trinajstić information content (AvgIpc) is 2.48. The van der Waals surface area contributed by atoms with Crippen LogP contribution in [0.4, 0.5) is 11.4 Å². The normalized spacial score (nSPS) is 10.4. The molecule has 0 saturated heterocycles. The topological polar surface area (TPSA) is 3.24 Å². The van der Waals surface area contributed by atoms with E-state index in [0.717, 1.165) is 17.1 Å². The van der Waals surface area contributed by atoms with Gasteiger partial charge in [-0.15, -0.1) is 0 Å². The van der Waals surface area contributed by atoms with Gasteiger partial charge in [0.25, 0.3) is 0 Å². The fourth-order valence-electron chi connectivity index (χ4n) is 2.01. The summed E-state index contributed by atoms with van der Waals surface area (Å²) in [6.45, 7) is 9.95. The fourth-order valence-corrected chi connectivity index (χ4v) is 2.01. The van der Waals surface area contributed by atoms with Crippen molar-refractivity contribution in [2.24, 2.45) is 0 Å². The van der Waals surface area contributed by atoms with Crippen molar-refractivity contribution in [1.29, 1.82) is 0 Å². The summed E-state index contributed by atoms with van der Waals surface area (Å²) < 4.78 is 0. The molecule has 0 bridgehead atoms.